The third-order valence-electron chi connectivity index (χ3n) is 11.0. The zero-order chi connectivity index (χ0) is 34.6. The summed E-state index contributed by atoms with van der Waals surface area (Å²) in [6.45, 7) is 0. The molecule has 53 heavy (non-hydrogen) atoms. The molecule has 3 aromatic heterocycles. The van der Waals surface area contributed by atoms with E-state index in [9.17, 15) is 0 Å². The fraction of sp³-hybridized carbons (Fsp3) is 0. The summed E-state index contributed by atoms with van der Waals surface area (Å²) in [5.41, 5.74) is 9.84. The third-order valence-corrected chi connectivity index (χ3v) is 12.2. The van der Waals surface area contributed by atoms with Crippen molar-refractivity contribution in [1.82, 2.24) is 0 Å². The molecule has 0 aliphatic carbocycles. The fourth-order valence-electron chi connectivity index (χ4n) is 8.77. The molecule has 0 spiro atoms. The molecule has 0 atom stereocenters. The highest BCUT2D eigenvalue weighted by Gasteiger charge is 2.25. The van der Waals surface area contributed by atoms with Gasteiger partial charge < -0.3 is 8.83 Å². The summed E-state index contributed by atoms with van der Waals surface area (Å²) < 4.78 is 14.0. The Morgan fingerprint density at radius 3 is 1.66 bits per heavy atom. The summed E-state index contributed by atoms with van der Waals surface area (Å²) >= 11 is 1.88. The number of rotatable bonds is 3. The third kappa shape index (κ3) is 4.14. The largest absolute Gasteiger partial charge is 0.456 e. The molecule has 246 valence electrons. The van der Waals surface area contributed by atoms with Crippen LogP contribution in [0.15, 0.2) is 179 Å². The van der Waals surface area contributed by atoms with Gasteiger partial charge in [-0.1, -0.05) is 127 Å². The minimum Gasteiger partial charge on any atom is -0.456 e. The summed E-state index contributed by atoms with van der Waals surface area (Å²) in [6, 6.07) is 61.3. The van der Waals surface area contributed by atoms with Crippen LogP contribution in [0.25, 0.3) is 119 Å². The Morgan fingerprint density at radius 2 is 0.925 bits per heavy atom. The molecule has 0 fully saturated rings. The van der Waals surface area contributed by atoms with Crippen LogP contribution < -0.4 is 0 Å². The van der Waals surface area contributed by atoms with Crippen molar-refractivity contribution in [2.24, 2.45) is 0 Å². The monoisotopic (exact) mass is 692 g/mol. The standard InChI is InChI=1S/C50H28O2S/c1-2-12-29(13-3-1)46-49-44(25-24-42-48(49)38-19-9-11-21-41(38)51-42)53-50(46)47-36-17-6-4-15-34(36)45(35-16-5-7-18-37(35)47)31-23-22-30-27-39-33-14-8-10-20-40(33)52-43(39)28-32(30)26-31/h1-28H. The first kappa shape index (κ1) is 29.0. The minimum absolute atomic E-state index is 0.915. The van der Waals surface area contributed by atoms with Crippen LogP contribution in [0.2, 0.25) is 0 Å². The molecule has 0 saturated carbocycles. The summed E-state index contributed by atoms with van der Waals surface area (Å²) in [5.74, 6) is 0. The number of benzene rings is 9. The van der Waals surface area contributed by atoms with Gasteiger partial charge in [-0.05, 0) is 91.5 Å². The van der Waals surface area contributed by atoms with Crippen LogP contribution in [-0.2, 0) is 0 Å². The molecule has 2 nitrogen and oxygen atoms in total. The first-order chi connectivity index (χ1) is 26.3. The van der Waals surface area contributed by atoms with Gasteiger partial charge in [-0.2, -0.15) is 0 Å². The van der Waals surface area contributed by atoms with Gasteiger partial charge in [0.1, 0.15) is 22.3 Å². The lowest BCUT2D eigenvalue weighted by Gasteiger charge is -2.18. The van der Waals surface area contributed by atoms with Crippen LogP contribution in [0.3, 0.4) is 0 Å². The number of hydrogen-bond donors (Lipinski definition) is 0. The van der Waals surface area contributed by atoms with Gasteiger partial charge in [-0.3, -0.25) is 0 Å². The number of fused-ring (bicyclic) bond motifs is 11. The van der Waals surface area contributed by atoms with Crippen molar-refractivity contribution in [1.29, 1.82) is 0 Å². The van der Waals surface area contributed by atoms with Gasteiger partial charge in [0, 0.05) is 47.6 Å². The van der Waals surface area contributed by atoms with E-state index in [2.05, 4.69) is 152 Å². The molecule has 0 unspecified atom stereocenters. The van der Waals surface area contributed by atoms with Gasteiger partial charge in [0.25, 0.3) is 0 Å². The highest BCUT2D eigenvalue weighted by molar-refractivity contribution is 7.23. The molecule has 3 heteroatoms. The average molecular weight is 693 g/mol. The quantitative estimate of drug-likeness (QED) is 0.172. The number of hydrogen-bond acceptors (Lipinski definition) is 3. The SMILES string of the molecule is c1ccc(-c2c(-c3c4ccccc4c(-c4ccc5cc6c(cc5c4)oc4ccccc46)c4ccccc34)sc3ccc4oc5ccccc5c4c23)cc1. The van der Waals surface area contributed by atoms with Crippen LogP contribution >= 0.6 is 11.3 Å². The van der Waals surface area contributed by atoms with Crippen molar-refractivity contribution >= 4 is 97.6 Å². The summed E-state index contributed by atoms with van der Waals surface area (Å²) in [5, 5.41) is 13.2. The van der Waals surface area contributed by atoms with Crippen molar-refractivity contribution in [2.75, 3.05) is 0 Å². The van der Waals surface area contributed by atoms with E-state index in [4.69, 9.17) is 8.83 Å². The second-order valence-corrected chi connectivity index (χ2v) is 15.0. The summed E-state index contributed by atoms with van der Waals surface area (Å²) in [6.07, 6.45) is 0. The Hall–Kier alpha value is -6.68. The van der Waals surface area contributed by atoms with Crippen LogP contribution in [0, 0.1) is 0 Å². The lowest BCUT2D eigenvalue weighted by molar-refractivity contribution is 0.669. The molecule has 0 aliphatic heterocycles. The normalized spacial score (nSPS) is 12.2. The molecular weight excluding hydrogens is 665 g/mol. The second kappa shape index (κ2) is 10.9. The molecule has 0 aliphatic rings. The van der Waals surface area contributed by atoms with E-state index in [1.165, 1.54) is 80.5 Å². The van der Waals surface area contributed by atoms with Gasteiger partial charge in [-0.15, -0.1) is 11.3 Å². The van der Waals surface area contributed by atoms with Crippen molar-refractivity contribution in [2.45, 2.75) is 0 Å². The maximum absolute atomic E-state index is 6.44. The Bertz CT molecular complexity index is 3390. The predicted molar refractivity (Wildman–Crippen MR) is 225 cm³/mol. The van der Waals surface area contributed by atoms with Gasteiger partial charge in [0.05, 0.1) is 0 Å². The highest BCUT2D eigenvalue weighted by Crippen LogP contribution is 2.53. The van der Waals surface area contributed by atoms with E-state index in [1.54, 1.807) is 0 Å². The molecule has 12 rings (SSSR count). The van der Waals surface area contributed by atoms with Gasteiger partial charge >= 0.3 is 0 Å². The topological polar surface area (TPSA) is 26.3 Å². The van der Waals surface area contributed by atoms with Crippen molar-refractivity contribution in [3.63, 3.8) is 0 Å². The van der Waals surface area contributed by atoms with E-state index in [1.807, 2.05) is 29.5 Å². The van der Waals surface area contributed by atoms with Crippen LogP contribution in [-0.4, -0.2) is 0 Å². The molecule has 3 heterocycles. The molecule has 0 bridgehead atoms. The van der Waals surface area contributed by atoms with Crippen LogP contribution in [0.1, 0.15) is 0 Å². The lowest BCUT2D eigenvalue weighted by Crippen LogP contribution is -1.91. The molecular formula is C50H28O2S. The van der Waals surface area contributed by atoms with Gasteiger partial charge in [0.2, 0.25) is 0 Å². The van der Waals surface area contributed by atoms with Crippen molar-refractivity contribution in [3.05, 3.63) is 170 Å². The van der Waals surface area contributed by atoms with E-state index < -0.39 is 0 Å². The molecule has 0 saturated heterocycles. The first-order valence-electron chi connectivity index (χ1n) is 18.0. The molecule has 0 radical (unpaired) electrons. The lowest BCUT2D eigenvalue weighted by atomic mass is 9.85. The van der Waals surface area contributed by atoms with Crippen LogP contribution in [0.4, 0.5) is 0 Å². The average Bonchev–Trinajstić information content (AvgIpc) is 3.90. The van der Waals surface area contributed by atoms with Crippen molar-refractivity contribution < 1.29 is 8.83 Å². The Balaban J connectivity index is 1.18. The molecule has 0 amide bonds. The Morgan fingerprint density at radius 1 is 0.321 bits per heavy atom. The zero-order valence-corrected chi connectivity index (χ0v) is 29.2. The smallest absolute Gasteiger partial charge is 0.136 e. The number of furan rings is 2. The number of para-hydroxylation sites is 2. The maximum atomic E-state index is 6.44. The van der Waals surface area contributed by atoms with E-state index >= 15 is 0 Å². The summed E-state index contributed by atoms with van der Waals surface area (Å²) in [7, 11) is 0. The second-order valence-electron chi connectivity index (χ2n) is 13.9. The summed E-state index contributed by atoms with van der Waals surface area (Å²) in [4.78, 5) is 1.27. The number of thiophene rings is 1. The molecule has 9 aromatic carbocycles. The van der Waals surface area contributed by atoms with Gasteiger partial charge in [-0.25, -0.2) is 0 Å². The van der Waals surface area contributed by atoms with E-state index in [-0.39, 0.29) is 0 Å². The Labute approximate surface area is 307 Å². The predicted octanol–water partition coefficient (Wildman–Crippen LogP) is 15.2. The molecule has 0 N–H and O–H groups in total. The highest BCUT2D eigenvalue weighted by atomic mass is 32.1. The van der Waals surface area contributed by atoms with E-state index in [0.29, 0.717) is 0 Å². The van der Waals surface area contributed by atoms with E-state index in [0.717, 1.165) is 38.5 Å². The van der Waals surface area contributed by atoms with Crippen LogP contribution in [0.5, 0.6) is 0 Å². The minimum atomic E-state index is 0.915. The molecule has 12 aromatic rings. The van der Waals surface area contributed by atoms with Crippen molar-refractivity contribution in [3.8, 4) is 32.7 Å². The first-order valence-corrected chi connectivity index (χ1v) is 18.8. The maximum Gasteiger partial charge on any atom is 0.136 e. The fourth-order valence-corrected chi connectivity index (χ4v) is 10.1. The Kier molecular flexibility index (Phi) is 5.96. The zero-order valence-electron chi connectivity index (χ0n) is 28.4. The van der Waals surface area contributed by atoms with Gasteiger partial charge in [0.15, 0.2) is 0 Å².